The van der Waals surface area contributed by atoms with E-state index in [-0.39, 0.29) is 17.3 Å². The summed E-state index contributed by atoms with van der Waals surface area (Å²) in [4.78, 5) is 13.1. The molecule has 0 spiro atoms. The van der Waals surface area contributed by atoms with Gasteiger partial charge in [-0.15, -0.1) is 0 Å². The molecule has 1 aliphatic rings. The zero-order valence-corrected chi connectivity index (χ0v) is 13.5. The van der Waals surface area contributed by atoms with Gasteiger partial charge in [-0.3, -0.25) is 4.79 Å². The highest BCUT2D eigenvalue weighted by Crippen LogP contribution is 2.33. The summed E-state index contributed by atoms with van der Waals surface area (Å²) in [5.41, 5.74) is 2.34. The van der Waals surface area contributed by atoms with Crippen molar-refractivity contribution in [1.82, 2.24) is 10.6 Å². The Morgan fingerprint density at radius 3 is 2.29 bits per heavy atom. The van der Waals surface area contributed by atoms with Crippen LogP contribution in [0.1, 0.15) is 27.9 Å². The lowest BCUT2D eigenvalue weighted by molar-refractivity contribution is 0.105. The molecule has 0 atom stereocenters. The number of hydrogen-bond donors (Lipinski definition) is 4. The van der Waals surface area contributed by atoms with Crippen molar-refractivity contribution in [3.05, 3.63) is 65.0 Å². The molecule has 1 heterocycles. The molecule has 4 N–H and O–H groups in total. The predicted molar refractivity (Wildman–Crippen MR) is 92.8 cm³/mol. The Kier molecular flexibility index (Phi) is 4.42. The largest absolute Gasteiger partial charge is 0.504 e. The molecule has 1 saturated heterocycles. The molecule has 0 saturated carbocycles. The Labute approximate surface area is 140 Å². The summed E-state index contributed by atoms with van der Waals surface area (Å²) in [5, 5.41) is 26.1. The Morgan fingerprint density at radius 2 is 1.62 bits per heavy atom. The van der Waals surface area contributed by atoms with Crippen LogP contribution in [0.3, 0.4) is 0 Å². The predicted octanol–water partition coefficient (Wildman–Crippen LogP) is 2.54. The summed E-state index contributed by atoms with van der Waals surface area (Å²) in [6, 6.07) is 11.9. The molecule has 3 rings (SSSR count). The van der Waals surface area contributed by atoms with Crippen LogP contribution in [0.5, 0.6) is 11.5 Å². The summed E-state index contributed by atoms with van der Waals surface area (Å²) < 4.78 is 0. The summed E-state index contributed by atoms with van der Waals surface area (Å²) >= 11 is 0. The van der Waals surface area contributed by atoms with Crippen LogP contribution in [0.2, 0.25) is 0 Å². The van der Waals surface area contributed by atoms with Crippen molar-refractivity contribution in [2.24, 2.45) is 0 Å². The number of allylic oxidation sites excluding steroid dienone is 1. The van der Waals surface area contributed by atoms with Crippen molar-refractivity contribution < 1.29 is 15.0 Å². The smallest absolute Gasteiger partial charge is 0.197 e. The highest BCUT2D eigenvalue weighted by atomic mass is 16.3. The van der Waals surface area contributed by atoms with E-state index >= 15 is 0 Å². The van der Waals surface area contributed by atoms with Gasteiger partial charge in [0.25, 0.3) is 0 Å². The number of rotatable bonds is 3. The average molecular weight is 324 g/mol. The summed E-state index contributed by atoms with van der Waals surface area (Å²) in [5.74, 6) is 0.0756. The fourth-order valence-corrected chi connectivity index (χ4v) is 2.81. The first-order chi connectivity index (χ1) is 11.6. The van der Waals surface area contributed by atoms with Gasteiger partial charge in [0.2, 0.25) is 0 Å². The Morgan fingerprint density at radius 1 is 1.00 bits per heavy atom. The number of ketones is 1. The van der Waals surface area contributed by atoms with Crippen molar-refractivity contribution in [2.75, 3.05) is 13.1 Å². The molecular formula is C19H20N2O3. The minimum Gasteiger partial charge on any atom is -0.504 e. The highest BCUT2D eigenvalue weighted by Gasteiger charge is 2.23. The van der Waals surface area contributed by atoms with E-state index in [1.807, 2.05) is 18.2 Å². The first-order valence-corrected chi connectivity index (χ1v) is 7.92. The Hall–Kier alpha value is -2.95. The summed E-state index contributed by atoms with van der Waals surface area (Å²) in [7, 11) is 0. The summed E-state index contributed by atoms with van der Waals surface area (Å²) in [6.45, 7) is 3.35. The number of benzene rings is 2. The third kappa shape index (κ3) is 3.06. The maximum atomic E-state index is 13.1. The van der Waals surface area contributed by atoms with Crippen LogP contribution in [0.4, 0.5) is 0 Å². The number of carbonyl (C=O) groups excluding carboxylic acids is 1. The lowest BCUT2D eigenvalue weighted by Crippen LogP contribution is -2.37. The number of carbonyl (C=O) groups is 1. The second-order valence-corrected chi connectivity index (χ2v) is 5.81. The van der Waals surface area contributed by atoms with Gasteiger partial charge >= 0.3 is 0 Å². The van der Waals surface area contributed by atoms with Crippen LogP contribution >= 0.6 is 0 Å². The van der Waals surface area contributed by atoms with Gasteiger partial charge in [-0.25, -0.2) is 0 Å². The number of aromatic hydroxyl groups is 2. The van der Waals surface area contributed by atoms with Gasteiger partial charge in [-0.2, -0.15) is 0 Å². The number of aryl methyl sites for hydroxylation is 1. The number of nitrogens with one attached hydrogen (secondary N) is 2. The number of Topliss-reactive ketones (excluding diaryl/α,β-unsaturated/α-hetero) is 1. The third-order valence-electron chi connectivity index (χ3n) is 4.06. The Bertz CT molecular complexity index is 790. The molecular weight excluding hydrogens is 304 g/mol. The lowest BCUT2D eigenvalue weighted by Gasteiger charge is -2.23. The topological polar surface area (TPSA) is 81.6 Å². The van der Waals surface area contributed by atoms with Crippen molar-refractivity contribution in [3.63, 3.8) is 0 Å². The zero-order valence-electron chi connectivity index (χ0n) is 13.5. The first-order valence-electron chi connectivity index (χ1n) is 7.92. The van der Waals surface area contributed by atoms with Gasteiger partial charge in [0, 0.05) is 18.7 Å². The Balaban J connectivity index is 2.17. The molecule has 0 radical (unpaired) electrons. The van der Waals surface area contributed by atoms with Crippen LogP contribution in [-0.2, 0) is 0 Å². The van der Waals surface area contributed by atoms with Crippen LogP contribution in [-0.4, -0.2) is 29.1 Å². The molecule has 0 aliphatic carbocycles. The van der Waals surface area contributed by atoms with Crippen molar-refractivity contribution >= 4 is 11.4 Å². The fraction of sp³-hybridized carbons (Fsp3) is 0.211. The van der Waals surface area contributed by atoms with Crippen LogP contribution in [0, 0.1) is 6.92 Å². The molecule has 1 fully saturated rings. The van der Waals surface area contributed by atoms with Crippen molar-refractivity contribution in [2.45, 2.75) is 13.3 Å². The molecule has 0 amide bonds. The number of phenols is 2. The summed E-state index contributed by atoms with van der Waals surface area (Å²) in [6.07, 6.45) is 0.968. The highest BCUT2D eigenvalue weighted by molar-refractivity contribution is 6.29. The SMILES string of the molecule is Cc1cc(O)c(O)cc1C(C(=O)c1ccccc1)=C1NCCCN1. The van der Waals surface area contributed by atoms with E-state index in [9.17, 15) is 15.0 Å². The van der Waals surface area contributed by atoms with Gasteiger partial charge < -0.3 is 20.8 Å². The normalized spacial score (nSPS) is 13.8. The van der Waals surface area contributed by atoms with Gasteiger partial charge in [-0.05, 0) is 36.6 Å². The lowest BCUT2D eigenvalue weighted by atomic mass is 9.92. The molecule has 0 bridgehead atoms. The van der Waals surface area contributed by atoms with E-state index in [0.717, 1.165) is 19.5 Å². The maximum absolute atomic E-state index is 13.1. The quantitative estimate of drug-likeness (QED) is 0.396. The second-order valence-electron chi connectivity index (χ2n) is 5.81. The minimum absolute atomic E-state index is 0.138. The number of phenolic OH excluding ortho intramolecular Hbond substituents is 2. The standard InChI is InChI=1S/C19H20N2O3/c1-12-10-15(22)16(23)11-14(12)17(19-20-8-5-9-21-19)18(24)13-6-3-2-4-7-13/h2-4,6-7,10-11,20-23H,5,8-9H2,1H3. The maximum Gasteiger partial charge on any atom is 0.197 e. The van der Waals surface area contributed by atoms with Crippen molar-refractivity contribution in [1.29, 1.82) is 0 Å². The molecule has 5 nitrogen and oxygen atoms in total. The molecule has 5 heteroatoms. The van der Waals surface area contributed by atoms with Crippen LogP contribution in [0.15, 0.2) is 48.3 Å². The molecule has 2 aromatic rings. The minimum atomic E-state index is -0.245. The first kappa shape index (κ1) is 15.9. The fourth-order valence-electron chi connectivity index (χ4n) is 2.81. The third-order valence-corrected chi connectivity index (χ3v) is 4.06. The van der Waals surface area contributed by atoms with Crippen LogP contribution < -0.4 is 10.6 Å². The molecule has 124 valence electrons. The van der Waals surface area contributed by atoms with Gasteiger partial charge in [0.1, 0.15) is 5.82 Å². The van der Waals surface area contributed by atoms with E-state index in [1.165, 1.54) is 12.1 Å². The molecule has 0 aromatic heterocycles. The molecule has 2 aromatic carbocycles. The molecule has 24 heavy (non-hydrogen) atoms. The van der Waals surface area contributed by atoms with E-state index in [4.69, 9.17) is 0 Å². The zero-order chi connectivity index (χ0) is 17.1. The van der Waals surface area contributed by atoms with E-state index < -0.39 is 0 Å². The average Bonchev–Trinajstić information content (AvgIpc) is 2.61. The van der Waals surface area contributed by atoms with Gasteiger partial charge in [0.05, 0.1) is 5.57 Å². The monoisotopic (exact) mass is 324 g/mol. The van der Waals surface area contributed by atoms with Gasteiger partial charge in [-0.1, -0.05) is 30.3 Å². The molecule has 0 unspecified atom stereocenters. The van der Waals surface area contributed by atoms with E-state index in [1.54, 1.807) is 19.1 Å². The van der Waals surface area contributed by atoms with Gasteiger partial charge in [0.15, 0.2) is 17.3 Å². The van der Waals surface area contributed by atoms with Crippen LogP contribution in [0.25, 0.3) is 5.57 Å². The molecule has 1 aliphatic heterocycles. The number of hydrogen-bond acceptors (Lipinski definition) is 5. The van der Waals surface area contributed by atoms with Crippen molar-refractivity contribution in [3.8, 4) is 11.5 Å². The van der Waals surface area contributed by atoms with E-state index in [0.29, 0.717) is 28.1 Å². The van der Waals surface area contributed by atoms with E-state index in [2.05, 4.69) is 10.6 Å². The second kappa shape index (κ2) is 6.66.